The number of aliphatic hydroxyl groups excluding tert-OH is 1. The first-order valence-electron chi connectivity index (χ1n) is 4.62. The van der Waals surface area contributed by atoms with Gasteiger partial charge in [0.05, 0.1) is 25.2 Å². The average Bonchev–Trinajstić information content (AvgIpc) is 2.27. The number of benzene rings is 1. The quantitative estimate of drug-likeness (QED) is 0.745. The zero-order valence-corrected chi connectivity index (χ0v) is 8.71. The highest BCUT2D eigenvalue weighted by Crippen LogP contribution is 2.18. The smallest absolute Gasteiger partial charge is 0.337 e. The molecule has 0 aliphatic rings. The number of aliphatic hydroxyl groups is 1. The largest absolute Gasteiger partial charge is 0.481 e. The second-order valence-electron chi connectivity index (χ2n) is 3.23. The summed E-state index contributed by atoms with van der Waals surface area (Å²) >= 11 is 0. The topological polar surface area (TPSA) is 83.8 Å². The summed E-state index contributed by atoms with van der Waals surface area (Å²) in [4.78, 5) is 21.6. The maximum Gasteiger partial charge on any atom is 0.337 e. The summed E-state index contributed by atoms with van der Waals surface area (Å²) in [6.45, 7) is 0. The van der Waals surface area contributed by atoms with Gasteiger partial charge in [-0.15, -0.1) is 0 Å². The van der Waals surface area contributed by atoms with E-state index in [0.717, 1.165) is 0 Å². The van der Waals surface area contributed by atoms with E-state index < -0.39 is 24.5 Å². The normalized spacial score (nSPS) is 11.9. The number of hydrogen-bond acceptors (Lipinski definition) is 4. The Balaban J connectivity index is 2.89. The zero-order chi connectivity index (χ0) is 12.1. The Bertz CT molecular complexity index is 399. The first kappa shape index (κ1) is 12.2. The van der Waals surface area contributed by atoms with Crippen LogP contribution < -0.4 is 0 Å². The van der Waals surface area contributed by atoms with E-state index in [1.807, 2.05) is 0 Å². The summed E-state index contributed by atoms with van der Waals surface area (Å²) in [5, 5.41) is 18.1. The van der Waals surface area contributed by atoms with Gasteiger partial charge in [0.1, 0.15) is 0 Å². The lowest BCUT2D eigenvalue weighted by Crippen LogP contribution is -2.07. The van der Waals surface area contributed by atoms with Gasteiger partial charge in [-0.1, -0.05) is 12.1 Å². The van der Waals surface area contributed by atoms with Gasteiger partial charge < -0.3 is 14.9 Å². The van der Waals surface area contributed by atoms with Gasteiger partial charge in [0.25, 0.3) is 0 Å². The van der Waals surface area contributed by atoms with Crippen LogP contribution in [0.15, 0.2) is 24.3 Å². The lowest BCUT2D eigenvalue weighted by molar-refractivity contribution is -0.139. The fraction of sp³-hybridized carbons (Fsp3) is 0.273. The van der Waals surface area contributed by atoms with Crippen LogP contribution in [0.5, 0.6) is 0 Å². The van der Waals surface area contributed by atoms with Crippen LogP contribution in [0, 0.1) is 0 Å². The van der Waals surface area contributed by atoms with Gasteiger partial charge in [0.15, 0.2) is 0 Å². The van der Waals surface area contributed by atoms with Gasteiger partial charge in [-0.2, -0.15) is 0 Å². The van der Waals surface area contributed by atoms with Crippen molar-refractivity contribution in [3.8, 4) is 0 Å². The first-order chi connectivity index (χ1) is 7.54. The number of aliphatic carboxylic acids is 1. The molecule has 0 heterocycles. The third kappa shape index (κ3) is 3.06. The predicted molar refractivity (Wildman–Crippen MR) is 55.0 cm³/mol. The van der Waals surface area contributed by atoms with Crippen LogP contribution in [-0.4, -0.2) is 29.3 Å². The second kappa shape index (κ2) is 5.27. The molecule has 0 bridgehead atoms. The maximum absolute atomic E-state index is 11.2. The highest BCUT2D eigenvalue weighted by molar-refractivity contribution is 5.89. The Morgan fingerprint density at radius 3 is 2.69 bits per heavy atom. The van der Waals surface area contributed by atoms with Crippen LogP contribution in [0.25, 0.3) is 0 Å². The SMILES string of the molecule is COC(=O)c1cccc([C@@H](O)CC(=O)O)c1. The molecule has 1 aromatic rings. The lowest BCUT2D eigenvalue weighted by atomic mass is 10.0. The minimum atomic E-state index is -1.12. The summed E-state index contributed by atoms with van der Waals surface area (Å²) < 4.78 is 4.52. The molecule has 5 nitrogen and oxygen atoms in total. The van der Waals surface area contributed by atoms with Crippen molar-refractivity contribution in [2.24, 2.45) is 0 Å². The summed E-state index contributed by atoms with van der Waals surface area (Å²) in [7, 11) is 1.25. The van der Waals surface area contributed by atoms with Crippen LogP contribution in [-0.2, 0) is 9.53 Å². The van der Waals surface area contributed by atoms with E-state index in [-0.39, 0.29) is 5.56 Å². The molecule has 1 atom stereocenters. The number of ether oxygens (including phenoxy) is 1. The van der Waals surface area contributed by atoms with Gasteiger partial charge in [0, 0.05) is 0 Å². The summed E-state index contributed by atoms with van der Waals surface area (Å²) in [6, 6.07) is 6.06. The van der Waals surface area contributed by atoms with Gasteiger partial charge in [-0.25, -0.2) is 4.79 Å². The fourth-order valence-corrected chi connectivity index (χ4v) is 1.27. The summed E-state index contributed by atoms with van der Waals surface area (Å²) in [5.74, 6) is -1.62. The van der Waals surface area contributed by atoms with Gasteiger partial charge in [-0.3, -0.25) is 4.79 Å². The molecule has 1 rings (SSSR count). The van der Waals surface area contributed by atoms with Crippen LogP contribution >= 0.6 is 0 Å². The molecule has 0 aliphatic carbocycles. The number of carboxylic acids is 1. The van der Waals surface area contributed by atoms with E-state index in [0.29, 0.717) is 5.56 Å². The molecule has 5 heteroatoms. The second-order valence-corrected chi connectivity index (χ2v) is 3.23. The molecule has 0 saturated carbocycles. The van der Waals surface area contributed by atoms with Crippen molar-refractivity contribution in [2.75, 3.05) is 7.11 Å². The van der Waals surface area contributed by atoms with E-state index in [4.69, 9.17) is 5.11 Å². The Morgan fingerprint density at radius 1 is 1.44 bits per heavy atom. The Labute approximate surface area is 92.3 Å². The van der Waals surface area contributed by atoms with E-state index in [9.17, 15) is 14.7 Å². The highest BCUT2D eigenvalue weighted by atomic mass is 16.5. The Morgan fingerprint density at radius 2 is 2.12 bits per heavy atom. The third-order valence-electron chi connectivity index (χ3n) is 2.06. The zero-order valence-electron chi connectivity index (χ0n) is 8.71. The van der Waals surface area contributed by atoms with Gasteiger partial charge in [-0.05, 0) is 17.7 Å². The molecule has 0 unspecified atom stereocenters. The molecule has 0 fully saturated rings. The number of rotatable bonds is 4. The molecule has 0 amide bonds. The fourth-order valence-electron chi connectivity index (χ4n) is 1.27. The standard InChI is InChI=1S/C11H12O5/c1-16-11(15)8-4-2-3-7(5-8)9(12)6-10(13)14/h2-5,9,12H,6H2,1H3,(H,13,14)/t9-/m0/s1. The monoisotopic (exact) mass is 224 g/mol. The van der Waals surface area contributed by atoms with Crippen molar-refractivity contribution < 1.29 is 24.5 Å². The number of methoxy groups -OCH3 is 1. The van der Waals surface area contributed by atoms with Crippen LogP contribution in [0.3, 0.4) is 0 Å². The van der Waals surface area contributed by atoms with Crippen molar-refractivity contribution in [1.82, 2.24) is 0 Å². The molecular formula is C11H12O5. The molecule has 2 N–H and O–H groups in total. The molecule has 86 valence electrons. The van der Waals surface area contributed by atoms with Crippen molar-refractivity contribution in [3.63, 3.8) is 0 Å². The first-order valence-corrected chi connectivity index (χ1v) is 4.62. The Hall–Kier alpha value is -1.88. The highest BCUT2D eigenvalue weighted by Gasteiger charge is 2.14. The number of carbonyl (C=O) groups excluding carboxylic acids is 1. The molecular weight excluding hydrogens is 212 g/mol. The third-order valence-corrected chi connectivity index (χ3v) is 2.06. The summed E-state index contributed by atoms with van der Waals surface area (Å²) in [6.07, 6.45) is -1.52. The van der Waals surface area contributed by atoms with Crippen LogP contribution in [0.4, 0.5) is 0 Å². The molecule has 0 radical (unpaired) electrons. The van der Waals surface area contributed by atoms with Crippen molar-refractivity contribution in [3.05, 3.63) is 35.4 Å². The van der Waals surface area contributed by atoms with Crippen molar-refractivity contribution >= 4 is 11.9 Å². The maximum atomic E-state index is 11.2. The average molecular weight is 224 g/mol. The van der Waals surface area contributed by atoms with E-state index in [1.165, 1.54) is 19.2 Å². The number of esters is 1. The number of carboxylic acid groups (broad SMARTS) is 1. The summed E-state index contributed by atoms with van der Waals surface area (Å²) in [5.41, 5.74) is 0.662. The Kier molecular flexibility index (Phi) is 4.02. The molecule has 0 saturated heterocycles. The molecule has 0 spiro atoms. The van der Waals surface area contributed by atoms with E-state index in [2.05, 4.69) is 4.74 Å². The number of carbonyl (C=O) groups is 2. The van der Waals surface area contributed by atoms with Crippen LogP contribution in [0.1, 0.15) is 28.4 Å². The van der Waals surface area contributed by atoms with Gasteiger partial charge >= 0.3 is 11.9 Å². The minimum Gasteiger partial charge on any atom is -0.481 e. The van der Waals surface area contributed by atoms with E-state index in [1.54, 1.807) is 12.1 Å². The van der Waals surface area contributed by atoms with Gasteiger partial charge in [0.2, 0.25) is 0 Å². The van der Waals surface area contributed by atoms with Crippen molar-refractivity contribution in [1.29, 1.82) is 0 Å². The molecule has 0 aliphatic heterocycles. The molecule has 16 heavy (non-hydrogen) atoms. The molecule has 0 aromatic heterocycles. The minimum absolute atomic E-state index is 0.282. The molecule has 1 aromatic carbocycles. The lowest BCUT2D eigenvalue weighted by Gasteiger charge is -2.09. The predicted octanol–water partition coefficient (Wildman–Crippen LogP) is 0.981. The van der Waals surface area contributed by atoms with E-state index >= 15 is 0 Å². The van der Waals surface area contributed by atoms with Crippen molar-refractivity contribution in [2.45, 2.75) is 12.5 Å². The number of hydrogen-bond donors (Lipinski definition) is 2. The van der Waals surface area contributed by atoms with Crippen LogP contribution in [0.2, 0.25) is 0 Å².